The third kappa shape index (κ3) is 22.4. The molecule has 16 nitrogen and oxygen atoms in total. The zero-order valence-electron chi connectivity index (χ0n) is 25.2. The molecule has 44 heavy (non-hydrogen) atoms. The number of halogens is 3. The Kier molecular flexibility index (Phi) is 20.5. The standard InChI is InChI=1S/C23H44N8O6.C2HF3O2/c1-13(2)11-17(18(33)12-20(35)27-9-6-8-19(24)34)31-21(36)14(3)29-22(37)16(30-15(4)32)7-5-10-28-23(25)26;3-2(4,5)1(6)7/h13-14,16-18,33H,5-12H2,1-4H3,(H2,24,34)(H,27,35)(H,29,37)(H,30,32)(H,31,36)(H4,25,26,28);(H,6,7)/t14-,16-,17-,18-;/m0./s1. The molecule has 0 aromatic heterocycles. The molecule has 0 unspecified atom stereocenters. The van der Waals surface area contributed by atoms with Crippen LogP contribution >= 0.6 is 0 Å². The number of carbonyl (C=O) groups is 6. The van der Waals surface area contributed by atoms with Crippen LogP contribution in [0.5, 0.6) is 0 Å². The summed E-state index contributed by atoms with van der Waals surface area (Å²) < 4.78 is 31.7. The van der Waals surface area contributed by atoms with E-state index in [4.69, 9.17) is 27.1 Å². The summed E-state index contributed by atoms with van der Waals surface area (Å²) in [5.74, 6) is -5.16. The van der Waals surface area contributed by atoms with Crippen molar-refractivity contribution in [2.75, 3.05) is 13.1 Å². The van der Waals surface area contributed by atoms with E-state index in [1.807, 2.05) is 13.8 Å². The third-order valence-corrected chi connectivity index (χ3v) is 5.47. The van der Waals surface area contributed by atoms with Crippen LogP contribution in [0.4, 0.5) is 13.2 Å². The Morgan fingerprint density at radius 2 is 1.48 bits per heavy atom. The van der Waals surface area contributed by atoms with Crippen LogP contribution in [0.2, 0.25) is 0 Å². The van der Waals surface area contributed by atoms with Crippen molar-refractivity contribution in [3.05, 3.63) is 0 Å². The number of guanidine groups is 1. The Morgan fingerprint density at radius 3 is 1.93 bits per heavy atom. The van der Waals surface area contributed by atoms with Gasteiger partial charge in [-0.1, -0.05) is 13.8 Å². The second-order valence-electron chi connectivity index (χ2n) is 10.2. The Labute approximate surface area is 253 Å². The molecular weight excluding hydrogens is 597 g/mol. The highest BCUT2D eigenvalue weighted by Crippen LogP contribution is 2.13. The molecular formula is C25H45F3N8O8. The Hall–Kier alpha value is -4.16. The number of hydrogen-bond acceptors (Lipinski definition) is 8. The highest BCUT2D eigenvalue weighted by Gasteiger charge is 2.38. The maximum atomic E-state index is 12.8. The van der Waals surface area contributed by atoms with E-state index in [1.165, 1.54) is 13.8 Å². The first-order valence-corrected chi connectivity index (χ1v) is 13.6. The number of aliphatic hydroxyl groups is 1. The summed E-state index contributed by atoms with van der Waals surface area (Å²) in [6.45, 7) is 7.07. The molecule has 0 aliphatic heterocycles. The highest BCUT2D eigenvalue weighted by molar-refractivity contribution is 5.91. The summed E-state index contributed by atoms with van der Waals surface area (Å²) in [6, 6.07) is -2.61. The lowest BCUT2D eigenvalue weighted by Gasteiger charge is -2.27. The summed E-state index contributed by atoms with van der Waals surface area (Å²) in [6.07, 6.45) is -4.93. The van der Waals surface area contributed by atoms with Crippen LogP contribution in [-0.2, 0) is 28.8 Å². The minimum atomic E-state index is -5.08. The van der Waals surface area contributed by atoms with E-state index >= 15 is 0 Å². The van der Waals surface area contributed by atoms with Gasteiger partial charge in [0.1, 0.15) is 12.1 Å². The number of aliphatic imine (C=N–C) groups is 1. The van der Waals surface area contributed by atoms with Gasteiger partial charge in [0.2, 0.25) is 29.5 Å². The monoisotopic (exact) mass is 642 g/mol. The molecule has 12 N–H and O–H groups in total. The van der Waals surface area contributed by atoms with Crippen molar-refractivity contribution < 1.29 is 52.2 Å². The van der Waals surface area contributed by atoms with Crippen molar-refractivity contribution in [1.29, 1.82) is 0 Å². The summed E-state index contributed by atoms with van der Waals surface area (Å²) in [5.41, 5.74) is 15.6. The average molecular weight is 643 g/mol. The van der Waals surface area contributed by atoms with Crippen LogP contribution in [0.15, 0.2) is 4.99 Å². The largest absolute Gasteiger partial charge is 0.490 e. The number of carboxylic acids is 1. The van der Waals surface area contributed by atoms with Crippen molar-refractivity contribution in [1.82, 2.24) is 21.3 Å². The van der Waals surface area contributed by atoms with Crippen molar-refractivity contribution in [2.24, 2.45) is 28.1 Å². The molecule has 19 heteroatoms. The number of nitrogens with zero attached hydrogens (tertiary/aromatic N) is 1. The predicted molar refractivity (Wildman–Crippen MR) is 152 cm³/mol. The second kappa shape index (κ2) is 21.5. The molecule has 0 saturated heterocycles. The lowest BCUT2D eigenvalue weighted by atomic mass is 9.96. The quantitative estimate of drug-likeness (QED) is 0.0466. The smallest absolute Gasteiger partial charge is 0.475 e. The minimum absolute atomic E-state index is 0.0791. The van der Waals surface area contributed by atoms with E-state index < -0.39 is 65.9 Å². The molecule has 0 aromatic carbocycles. The van der Waals surface area contributed by atoms with E-state index in [0.717, 1.165) is 0 Å². The van der Waals surface area contributed by atoms with Gasteiger partial charge in [-0.05, 0) is 38.5 Å². The van der Waals surface area contributed by atoms with Gasteiger partial charge in [-0.3, -0.25) is 29.0 Å². The van der Waals surface area contributed by atoms with Crippen LogP contribution in [0.25, 0.3) is 0 Å². The molecule has 0 aliphatic carbocycles. The molecule has 0 saturated carbocycles. The first kappa shape index (κ1) is 42.0. The summed E-state index contributed by atoms with van der Waals surface area (Å²) in [4.78, 5) is 72.7. The minimum Gasteiger partial charge on any atom is -0.475 e. The number of aliphatic carboxylic acids is 1. The van der Waals surface area contributed by atoms with Crippen LogP contribution in [0.3, 0.4) is 0 Å². The highest BCUT2D eigenvalue weighted by atomic mass is 19.4. The molecule has 0 bridgehead atoms. The lowest BCUT2D eigenvalue weighted by Crippen LogP contribution is -2.55. The van der Waals surface area contributed by atoms with Gasteiger partial charge < -0.3 is 48.7 Å². The van der Waals surface area contributed by atoms with Crippen LogP contribution in [0.1, 0.15) is 66.2 Å². The van der Waals surface area contributed by atoms with E-state index in [0.29, 0.717) is 19.3 Å². The fraction of sp³-hybridized carbons (Fsp3) is 0.720. The molecule has 0 aliphatic rings. The van der Waals surface area contributed by atoms with Crippen LogP contribution < -0.4 is 38.5 Å². The Morgan fingerprint density at radius 1 is 0.909 bits per heavy atom. The molecule has 5 amide bonds. The Bertz CT molecular complexity index is 991. The molecule has 4 atom stereocenters. The molecule has 0 fully saturated rings. The molecule has 254 valence electrons. The fourth-order valence-corrected chi connectivity index (χ4v) is 3.42. The number of carbonyl (C=O) groups excluding carboxylic acids is 5. The van der Waals surface area contributed by atoms with Gasteiger partial charge in [-0.25, -0.2) is 4.79 Å². The van der Waals surface area contributed by atoms with Gasteiger partial charge >= 0.3 is 12.1 Å². The van der Waals surface area contributed by atoms with Gasteiger partial charge in [0.05, 0.1) is 18.6 Å². The summed E-state index contributed by atoms with van der Waals surface area (Å²) in [7, 11) is 0. The molecule has 0 radical (unpaired) electrons. The lowest BCUT2D eigenvalue weighted by molar-refractivity contribution is -0.192. The summed E-state index contributed by atoms with van der Waals surface area (Å²) in [5, 5.41) is 28.2. The topological polar surface area (TPSA) is 281 Å². The predicted octanol–water partition coefficient (Wildman–Crippen LogP) is -1.65. The number of rotatable bonds is 18. The number of amides is 5. The molecule has 0 spiro atoms. The zero-order chi connectivity index (χ0) is 34.6. The number of hydrogen-bond donors (Lipinski definition) is 9. The Balaban J connectivity index is 0. The van der Waals surface area contributed by atoms with Crippen molar-refractivity contribution in [3.63, 3.8) is 0 Å². The first-order valence-electron chi connectivity index (χ1n) is 13.6. The van der Waals surface area contributed by atoms with Gasteiger partial charge in [0, 0.05) is 26.4 Å². The SMILES string of the molecule is CC(=O)N[C@@H](CCCN=C(N)N)C(=O)N[C@@H](C)C(=O)N[C@@H](CC(C)C)[C@@H](O)CC(=O)NCCCC(N)=O.O=C(O)C(F)(F)F. The first-order chi connectivity index (χ1) is 20.2. The van der Waals surface area contributed by atoms with Gasteiger partial charge in [-0.15, -0.1) is 0 Å². The van der Waals surface area contributed by atoms with Crippen molar-refractivity contribution in [3.8, 4) is 0 Å². The number of primary amides is 1. The second-order valence-corrected chi connectivity index (χ2v) is 10.2. The molecule has 0 aromatic rings. The number of nitrogens with two attached hydrogens (primary N) is 3. The van der Waals surface area contributed by atoms with E-state index in [-0.39, 0.29) is 44.2 Å². The van der Waals surface area contributed by atoms with E-state index in [2.05, 4.69) is 26.3 Å². The van der Waals surface area contributed by atoms with Crippen molar-refractivity contribution >= 4 is 41.5 Å². The van der Waals surface area contributed by atoms with Gasteiger partial charge in [-0.2, -0.15) is 13.2 Å². The fourth-order valence-electron chi connectivity index (χ4n) is 3.42. The normalized spacial score (nSPS) is 13.6. The maximum absolute atomic E-state index is 12.8. The number of alkyl halides is 3. The average Bonchev–Trinajstić information content (AvgIpc) is 2.86. The third-order valence-electron chi connectivity index (χ3n) is 5.47. The van der Waals surface area contributed by atoms with E-state index in [1.54, 1.807) is 0 Å². The molecule has 0 rings (SSSR count). The molecule has 0 heterocycles. The van der Waals surface area contributed by atoms with Gasteiger partial charge in [0.15, 0.2) is 5.96 Å². The summed E-state index contributed by atoms with van der Waals surface area (Å²) >= 11 is 0. The van der Waals surface area contributed by atoms with Crippen molar-refractivity contribution in [2.45, 2.75) is 96.6 Å². The number of nitrogens with one attached hydrogen (secondary N) is 4. The van der Waals surface area contributed by atoms with Crippen LogP contribution in [-0.4, -0.2) is 95.2 Å². The van der Waals surface area contributed by atoms with E-state index in [9.17, 15) is 42.3 Å². The maximum Gasteiger partial charge on any atom is 0.490 e. The zero-order valence-corrected chi connectivity index (χ0v) is 25.2. The number of aliphatic hydroxyl groups excluding tert-OH is 1. The van der Waals surface area contributed by atoms with Gasteiger partial charge in [0.25, 0.3) is 0 Å². The van der Waals surface area contributed by atoms with Crippen LogP contribution in [0, 0.1) is 5.92 Å². The number of carboxylic acid groups (broad SMARTS) is 1.